The Balaban J connectivity index is 2.18. The highest BCUT2D eigenvalue weighted by atomic mass is 32.2. The minimum absolute atomic E-state index is 0.0421. The molecular formula is C12H14N2O5S. The van der Waals surface area contributed by atoms with Gasteiger partial charge in [0, 0.05) is 12.7 Å². The van der Waals surface area contributed by atoms with Crippen LogP contribution in [0.5, 0.6) is 0 Å². The van der Waals surface area contributed by atoms with Crippen LogP contribution in [-0.2, 0) is 19.1 Å². The first-order valence-electron chi connectivity index (χ1n) is 5.90. The maximum atomic E-state index is 11.7. The number of nitrogens with zero attached hydrogens (tertiary/aromatic N) is 1. The van der Waals surface area contributed by atoms with Crippen molar-refractivity contribution in [3.63, 3.8) is 0 Å². The summed E-state index contributed by atoms with van der Waals surface area (Å²) in [6.07, 6.45) is 3.11. The molecule has 0 aromatic heterocycles. The van der Waals surface area contributed by atoms with Gasteiger partial charge in [-0.2, -0.15) is 0 Å². The third-order valence-electron chi connectivity index (χ3n) is 2.94. The molecule has 1 amide bonds. The monoisotopic (exact) mass is 298 g/mol. The molecule has 2 aliphatic rings. The Morgan fingerprint density at radius 1 is 1.60 bits per heavy atom. The van der Waals surface area contributed by atoms with Crippen LogP contribution in [0, 0.1) is 0 Å². The molecule has 2 aliphatic heterocycles. The van der Waals surface area contributed by atoms with Crippen molar-refractivity contribution >= 4 is 29.6 Å². The van der Waals surface area contributed by atoms with Gasteiger partial charge in [0.05, 0.1) is 0 Å². The fraction of sp³-hybridized carbons (Fsp3) is 0.417. The lowest BCUT2D eigenvalue weighted by Gasteiger charge is -2.47. The third kappa shape index (κ3) is 2.56. The Labute approximate surface area is 119 Å². The van der Waals surface area contributed by atoms with E-state index < -0.39 is 18.0 Å². The van der Waals surface area contributed by atoms with Gasteiger partial charge >= 0.3 is 11.9 Å². The second-order valence-corrected chi connectivity index (χ2v) is 5.42. The van der Waals surface area contributed by atoms with E-state index in [1.54, 1.807) is 12.2 Å². The molecular weight excluding hydrogens is 284 g/mol. The quantitative estimate of drug-likeness (QED) is 0.541. The Bertz CT molecular complexity index is 528. The Morgan fingerprint density at radius 3 is 2.90 bits per heavy atom. The molecule has 7 nitrogen and oxygen atoms in total. The van der Waals surface area contributed by atoms with Crippen LogP contribution in [0.25, 0.3) is 0 Å². The number of carbonyl (C=O) groups excluding carboxylic acids is 2. The molecule has 0 aliphatic carbocycles. The van der Waals surface area contributed by atoms with Crippen molar-refractivity contribution in [2.75, 3.05) is 12.4 Å². The number of rotatable bonds is 4. The number of β-lactam (4-membered cyclic amide) rings is 1. The molecule has 0 unspecified atom stereocenters. The van der Waals surface area contributed by atoms with Crippen molar-refractivity contribution in [1.82, 2.24) is 4.90 Å². The number of carbonyl (C=O) groups is 3. The third-order valence-corrected chi connectivity index (χ3v) is 4.27. The summed E-state index contributed by atoms with van der Waals surface area (Å²) in [5.41, 5.74) is 6.10. The molecule has 8 heteroatoms. The molecule has 3 N–H and O–H groups in total. The SMILES string of the molecule is CC(=O)OC/C=C\C1=C(C(=O)O)N2C(=O)[C@@H](N)[C@H]2SC1. The summed E-state index contributed by atoms with van der Waals surface area (Å²) in [7, 11) is 0. The molecule has 0 radical (unpaired) electrons. The number of fused-ring (bicyclic) bond motifs is 1. The number of thioether (sulfide) groups is 1. The molecule has 0 bridgehead atoms. The zero-order valence-electron chi connectivity index (χ0n) is 10.7. The van der Waals surface area contributed by atoms with E-state index in [-0.39, 0.29) is 23.6 Å². The first-order valence-corrected chi connectivity index (χ1v) is 6.95. The second kappa shape index (κ2) is 5.68. The molecule has 20 heavy (non-hydrogen) atoms. The van der Waals surface area contributed by atoms with Gasteiger partial charge in [-0.05, 0) is 11.6 Å². The Morgan fingerprint density at radius 2 is 2.30 bits per heavy atom. The van der Waals surface area contributed by atoms with E-state index in [4.69, 9.17) is 10.5 Å². The van der Waals surface area contributed by atoms with E-state index >= 15 is 0 Å². The number of allylic oxidation sites excluding steroid dienone is 1. The van der Waals surface area contributed by atoms with Crippen molar-refractivity contribution in [2.24, 2.45) is 5.73 Å². The van der Waals surface area contributed by atoms with Crippen LogP contribution in [-0.4, -0.2) is 51.6 Å². The number of hydrogen-bond acceptors (Lipinski definition) is 6. The van der Waals surface area contributed by atoms with Gasteiger partial charge in [0.15, 0.2) is 0 Å². The van der Waals surface area contributed by atoms with E-state index in [9.17, 15) is 19.5 Å². The molecule has 2 atom stereocenters. The summed E-state index contributed by atoms with van der Waals surface area (Å²) in [5, 5.41) is 8.95. The van der Waals surface area contributed by atoms with Gasteiger partial charge in [0.1, 0.15) is 23.7 Å². The topological polar surface area (TPSA) is 110 Å². The maximum Gasteiger partial charge on any atom is 0.352 e. The molecule has 1 fully saturated rings. The normalized spacial score (nSPS) is 25.5. The summed E-state index contributed by atoms with van der Waals surface area (Å²) in [5.74, 6) is -1.52. The number of hydrogen-bond donors (Lipinski definition) is 2. The van der Waals surface area contributed by atoms with Crippen molar-refractivity contribution in [1.29, 1.82) is 0 Å². The molecule has 108 valence electrons. The van der Waals surface area contributed by atoms with Crippen molar-refractivity contribution < 1.29 is 24.2 Å². The van der Waals surface area contributed by atoms with Gasteiger partial charge in [0.2, 0.25) is 5.91 Å². The molecule has 0 spiro atoms. The van der Waals surface area contributed by atoms with E-state index in [1.165, 1.54) is 23.6 Å². The van der Waals surface area contributed by atoms with E-state index in [0.717, 1.165) is 0 Å². The van der Waals surface area contributed by atoms with Crippen LogP contribution in [0.1, 0.15) is 6.92 Å². The average Bonchev–Trinajstić information content (AvgIpc) is 2.41. The second-order valence-electron chi connectivity index (χ2n) is 4.32. The van der Waals surface area contributed by atoms with Gasteiger partial charge in [-0.15, -0.1) is 11.8 Å². The molecule has 1 saturated heterocycles. The lowest BCUT2D eigenvalue weighted by molar-refractivity contribution is -0.147. The van der Waals surface area contributed by atoms with Gasteiger partial charge in [-0.1, -0.05) is 6.08 Å². The van der Waals surface area contributed by atoms with E-state index in [2.05, 4.69) is 0 Å². The maximum absolute atomic E-state index is 11.7. The number of ether oxygens (including phenoxy) is 1. The van der Waals surface area contributed by atoms with Crippen LogP contribution in [0.3, 0.4) is 0 Å². The Hall–Kier alpha value is -1.80. The predicted octanol–water partition coefficient (Wildman–Crippen LogP) is -0.313. The molecule has 0 aromatic carbocycles. The highest BCUT2D eigenvalue weighted by Gasteiger charge is 2.51. The number of nitrogens with two attached hydrogens (primary N) is 1. The summed E-state index contributed by atoms with van der Waals surface area (Å²) in [6.45, 7) is 1.35. The summed E-state index contributed by atoms with van der Waals surface area (Å²) in [4.78, 5) is 34.8. The van der Waals surface area contributed by atoms with Crippen LogP contribution in [0.15, 0.2) is 23.4 Å². The lowest BCUT2D eigenvalue weighted by Crippen LogP contribution is -2.68. The fourth-order valence-corrected chi connectivity index (χ4v) is 3.29. The van der Waals surface area contributed by atoms with Crippen LogP contribution in [0.2, 0.25) is 0 Å². The minimum atomic E-state index is -1.16. The number of amides is 1. The zero-order chi connectivity index (χ0) is 14.9. The van der Waals surface area contributed by atoms with Gasteiger partial charge in [0.25, 0.3) is 0 Å². The summed E-state index contributed by atoms with van der Waals surface area (Å²) in [6, 6.07) is -0.638. The summed E-state index contributed by atoms with van der Waals surface area (Å²) >= 11 is 1.42. The lowest BCUT2D eigenvalue weighted by atomic mass is 10.0. The smallest absolute Gasteiger partial charge is 0.352 e. The standard InChI is InChI=1S/C12H14N2O5S/c1-6(15)19-4-2-3-7-5-20-11-8(13)10(16)14(11)9(7)12(17)18/h2-3,8,11H,4-5,13H2,1H3,(H,17,18)/b3-2-/t8-,11-/m1/s1. The predicted molar refractivity (Wildman–Crippen MR) is 71.5 cm³/mol. The largest absolute Gasteiger partial charge is 0.477 e. The number of carboxylic acid groups (broad SMARTS) is 1. The van der Waals surface area contributed by atoms with Gasteiger partial charge < -0.3 is 15.6 Å². The Kier molecular flexibility index (Phi) is 4.15. The highest BCUT2D eigenvalue weighted by molar-refractivity contribution is 8.00. The first-order chi connectivity index (χ1) is 9.43. The first kappa shape index (κ1) is 14.6. The van der Waals surface area contributed by atoms with Crippen molar-refractivity contribution in [3.05, 3.63) is 23.4 Å². The number of esters is 1. The molecule has 2 heterocycles. The van der Waals surface area contributed by atoms with Gasteiger partial charge in [-0.3, -0.25) is 14.5 Å². The fourth-order valence-electron chi connectivity index (χ4n) is 2.02. The van der Waals surface area contributed by atoms with Crippen molar-refractivity contribution in [2.45, 2.75) is 18.3 Å². The van der Waals surface area contributed by atoms with Crippen LogP contribution in [0.4, 0.5) is 0 Å². The number of carboxylic acids is 1. The molecule has 0 aromatic rings. The van der Waals surface area contributed by atoms with Crippen molar-refractivity contribution in [3.8, 4) is 0 Å². The van der Waals surface area contributed by atoms with E-state index in [1.807, 2.05) is 0 Å². The zero-order valence-corrected chi connectivity index (χ0v) is 11.6. The highest BCUT2D eigenvalue weighted by Crippen LogP contribution is 2.39. The van der Waals surface area contributed by atoms with Crippen LogP contribution >= 0.6 is 11.8 Å². The summed E-state index contributed by atoms with van der Waals surface area (Å²) < 4.78 is 4.73. The van der Waals surface area contributed by atoms with E-state index in [0.29, 0.717) is 11.3 Å². The molecule has 0 saturated carbocycles. The minimum Gasteiger partial charge on any atom is -0.477 e. The molecule has 2 rings (SSSR count). The average molecular weight is 298 g/mol. The van der Waals surface area contributed by atoms with Gasteiger partial charge in [-0.25, -0.2) is 4.79 Å². The number of aliphatic carboxylic acids is 1. The van der Waals surface area contributed by atoms with Crippen LogP contribution < -0.4 is 5.73 Å².